The first-order valence-electron chi connectivity index (χ1n) is 10.0. The Morgan fingerprint density at radius 1 is 0.852 bits per heavy atom. The maximum atomic E-state index is 13.1. The summed E-state index contributed by atoms with van der Waals surface area (Å²) < 4.78 is 1.76. The molecular formula is C23H28N2OS. The van der Waals surface area contributed by atoms with Crippen LogP contribution < -0.4 is 5.56 Å². The van der Waals surface area contributed by atoms with Crippen molar-refractivity contribution in [1.82, 2.24) is 9.55 Å². The Bertz CT molecular complexity index is 905. The van der Waals surface area contributed by atoms with E-state index in [0.717, 1.165) is 28.5 Å². The van der Waals surface area contributed by atoms with E-state index in [2.05, 4.69) is 6.92 Å². The summed E-state index contributed by atoms with van der Waals surface area (Å²) in [4.78, 5) is 17.9. The molecule has 0 unspecified atom stereocenters. The lowest BCUT2D eigenvalue weighted by Crippen LogP contribution is -2.21. The van der Waals surface area contributed by atoms with Crippen LogP contribution in [0.25, 0.3) is 16.6 Å². The third-order valence-electron chi connectivity index (χ3n) is 4.74. The molecule has 0 saturated heterocycles. The van der Waals surface area contributed by atoms with Crippen LogP contribution >= 0.6 is 11.8 Å². The van der Waals surface area contributed by atoms with Crippen LogP contribution in [0.5, 0.6) is 0 Å². The van der Waals surface area contributed by atoms with Crippen molar-refractivity contribution in [3.8, 4) is 5.69 Å². The molecule has 0 aliphatic heterocycles. The highest BCUT2D eigenvalue weighted by molar-refractivity contribution is 7.99. The van der Waals surface area contributed by atoms with E-state index in [1.807, 2.05) is 54.6 Å². The summed E-state index contributed by atoms with van der Waals surface area (Å²) in [6.07, 6.45) is 9.04. The molecule has 4 heteroatoms. The number of fused-ring (bicyclic) bond motifs is 1. The number of rotatable bonds is 10. The van der Waals surface area contributed by atoms with E-state index in [4.69, 9.17) is 4.98 Å². The minimum atomic E-state index is 0.00821. The largest absolute Gasteiger partial charge is 0.268 e. The molecule has 3 rings (SSSR count). The summed E-state index contributed by atoms with van der Waals surface area (Å²) in [5.74, 6) is 0.991. The lowest BCUT2D eigenvalue weighted by atomic mass is 10.1. The highest BCUT2D eigenvalue weighted by Gasteiger charge is 2.12. The highest BCUT2D eigenvalue weighted by atomic mass is 32.2. The van der Waals surface area contributed by atoms with Crippen LogP contribution in [-0.4, -0.2) is 15.3 Å². The molecule has 0 saturated carbocycles. The molecule has 0 amide bonds. The summed E-state index contributed by atoms with van der Waals surface area (Å²) in [6.45, 7) is 2.25. The summed E-state index contributed by atoms with van der Waals surface area (Å²) in [5, 5.41) is 1.46. The van der Waals surface area contributed by atoms with E-state index in [9.17, 15) is 4.79 Å². The third-order valence-corrected chi connectivity index (χ3v) is 5.76. The SMILES string of the molecule is CCCCCCCCCSc1nc2ccccc2c(=O)n1-c1ccccc1. The zero-order chi connectivity index (χ0) is 18.9. The molecule has 0 N–H and O–H groups in total. The quantitative estimate of drug-likeness (QED) is 0.238. The van der Waals surface area contributed by atoms with Gasteiger partial charge in [0.05, 0.1) is 16.6 Å². The van der Waals surface area contributed by atoms with Crippen molar-refractivity contribution in [2.75, 3.05) is 5.75 Å². The van der Waals surface area contributed by atoms with Crippen molar-refractivity contribution in [1.29, 1.82) is 0 Å². The van der Waals surface area contributed by atoms with Gasteiger partial charge in [-0.05, 0) is 30.7 Å². The molecule has 1 aromatic heterocycles. The van der Waals surface area contributed by atoms with E-state index in [0.29, 0.717) is 5.39 Å². The first-order chi connectivity index (χ1) is 13.3. The highest BCUT2D eigenvalue weighted by Crippen LogP contribution is 2.22. The molecule has 0 spiro atoms. The number of benzene rings is 2. The lowest BCUT2D eigenvalue weighted by Gasteiger charge is -2.13. The number of aromatic nitrogens is 2. The number of unbranched alkanes of at least 4 members (excludes halogenated alkanes) is 6. The van der Waals surface area contributed by atoms with Gasteiger partial charge in [-0.1, -0.05) is 87.5 Å². The van der Waals surface area contributed by atoms with Crippen LogP contribution in [0.15, 0.2) is 64.5 Å². The first-order valence-corrected chi connectivity index (χ1v) is 11.0. The van der Waals surface area contributed by atoms with Gasteiger partial charge < -0.3 is 0 Å². The molecule has 0 fully saturated rings. The van der Waals surface area contributed by atoms with Crippen LogP contribution in [0.2, 0.25) is 0 Å². The topological polar surface area (TPSA) is 34.9 Å². The monoisotopic (exact) mass is 380 g/mol. The molecule has 27 heavy (non-hydrogen) atoms. The van der Waals surface area contributed by atoms with Crippen LogP contribution in [0.4, 0.5) is 0 Å². The van der Waals surface area contributed by atoms with Crippen molar-refractivity contribution in [3.63, 3.8) is 0 Å². The summed E-state index contributed by atoms with van der Waals surface area (Å²) in [6, 6.07) is 17.4. The van der Waals surface area contributed by atoms with Gasteiger partial charge in [-0.25, -0.2) is 4.98 Å². The molecule has 0 aliphatic carbocycles. The van der Waals surface area contributed by atoms with E-state index in [1.54, 1.807) is 16.3 Å². The van der Waals surface area contributed by atoms with E-state index in [1.165, 1.54) is 38.5 Å². The molecule has 2 aromatic carbocycles. The van der Waals surface area contributed by atoms with E-state index < -0.39 is 0 Å². The third kappa shape index (κ3) is 5.23. The van der Waals surface area contributed by atoms with Crippen LogP contribution in [0.3, 0.4) is 0 Å². The first kappa shape index (κ1) is 19.7. The van der Waals surface area contributed by atoms with Gasteiger partial charge in [-0.3, -0.25) is 9.36 Å². The predicted octanol–water partition coefficient (Wildman–Crippen LogP) is 6.23. The van der Waals surface area contributed by atoms with Crippen LogP contribution in [-0.2, 0) is 0 Å². The number of para-hydroxylation sites is 2. The number of hydrogen-bond acceptors (Lipinski definition) is 3. The fraction of sp³-hybridized carbons (Fsp3) is 0.391. The second-order valence-electron chi connectivity index (χ2n) is 6.86. The Labute approximate surface area is 165 Å². The second-order valence-corrected chi connectivity index (χ2v) is 7.92. The minimum Gasteiger partial charge on any atom is -0.268 e. The predicted molar refractivity (Wildman–Crippen MR) is 116 cm³/mol. The fourth-order valence-corrected chi connectivity index (χ4v) is 4.25. The summed E-state index contributed by atoms with van der Waals surface area (Å²) >= 11 is 1.69. The zero-order valence-electron chi connectivity index (χ0n) is 16.1. The van der Waals surface area contributed by atoms with Crippen molar-refractivity contribution < 1.29 is 0 Å². The fourth-order valence-electron chi connectivity index (χ4n) is 3.24. The van der Waals surface area contributed by atoms with Crippen molar-refractivity contribution in [3.05, 3.63) is 65.0 Å². The average molecular weight is 381 g/mol. The van der Waals surface area contributed by atoms with Gasteiger partial charge in [-0.15, -0.1) is 0 Å². The zero-order valence-corrected chi connectivity index (χ0v) is 16.9. The van der Waals surface area contributed by atoms with Crippen molar-refractivity contribution >= 4 is 22.7 Å². The summed E-state index contributed by atoms with van der Waals surface area (Å²) in [5.41, 5.74) is 1.66. The van der Waals surface area contributed by atoms with Gasteiger partial charge in [0, 0.05) is 5.75 Å². The summed E-state index contributed by atoms with van der Waals surface area (Å²) in [7, 11) is 0. The molecule has 0 bridgehead atoms. The Balaban J connectivity index is 1.75. The maximum Gasteiger partial charge on any atom is 0.266 e. The van der Waals surface area contributed by atoms with Gasteiger partial charge in [-0.2, -0.15) is 0 Å². The van der Waals surface area contributed by atoms with Crippen LogP contribution in [0, 0.1) is 0 Å². The van der Waals surface area contributed by atoms with Gasteiger partial charge in [0.1, 0.15) is 0 Å². The molecule has 0 atom stereocenters. The molecule has 1 heterocycles. The normalized spacial score (nSPS) is 11.1. The Morgan fingerprint density at radius 3 is 2.30 bits per heavy atom. The minimum absolute atomic E-state index is 0.00821. The molecule has 0 aliphatic rings. The van der Waals surface area contributed by atoms with Gasteiger partial charge in [0.2, 0.25) is 0 Å². The number of thioether (sulfide) groups is 1. The lowest BCUT2D eigenvalue weighted by molar-refractivity contribution is 0.603. The van der Waals surface area contributed by atoms with E-state index >= 15 is 0 Å². The Morgan fingerprint density at radius 2 is 1.52 bits per heavy atom. The van der Waals surface area contributed by atoms with Gasteiger partial charge >= 0.3 is 0 Å². The standard InChI is InChI=1S/C23H28N2OS/c1-2-3-4-5-6-7-13-18-27-23-24-21-17-12-11-16-20(21)22(26)25(23)19-14-9-8-10-15-19/h8-12,14-17H,2-7,13,18H2,1H3. The molecule has 142 valence electrons. The molecule has 0 radical (unpaired) electrons. The van der Waals surface area contributed by atoms with Crippen molar-refractivity contribution in [2.45, 2.75) is 57.0 Å². The number of nitrogens with zero attached hydrogens (tertiary/aromatic N) is 2. The maximum absolute atomic E-state index is 13.1. The van der Waals surface area contributed by atoms with E-state index in [-0.39, 0.29) is 5.56 Å². The molecule has 3 aromatic rings. The number of hydrogen-bond donors (Lipinski definition) is 0. The molecule has 3 nitrogen and oxygen atoms in total. The molecular weight excluding hydrogens is 352 g/mol. The van der Waals surface area contributed by atoms with Crippen molar-refractivity contribution in [2.24, 2.45) is 0 Å². The average Bonchev–Trinajstić information content (AvgIpc) is 2.71. The van der Waals surface area contributed by atoms with Crippen LogP contribution in [0.1, 0.15) is 51.9 Å². The Kier molecular flexibility index (Phi) is 7.52. The van der Waals surface area contributed by atoms with Gasteiger partial charge in [0.25, 0.3) is 5.56 Å². The Hall–Kier alpha value is -2.07. The van der Waals surface area contributed by atoms with Gasteiger partial charge in [0.15, 0.2) is 5.16 Å². The second kappa shape index (κ2) is 10.3. The smallest absolute Gasteiger partial charge is 0.266 e.